The number of carbonyl (C=O) groups is 2. The number of hydrogen-bond donors (Lipinski definition) is 1. The van der Waals surface area contributed by atoms with Crippen LogP contribution < -0.4 is 10.2 Å². The molecule has 4 heteroatoms. The molecule has 2 atom stereocenters. The van der Waals surface area contributed by atoms with E-state index in [1.54, 1.807) is 4.90 Å². The van der Waals surface area contributed by atoms with E-state index in [-0.39, 0.29) is 30.2 Å². The number of hydrogen-bond acceptors (Lipinski definition) is 2. The molecule has 0 spiro atoms. The first-order valence-corrected chi connectivity index (χ1v) is 9.10. The van der Waals surface area contributed by atoms with Gasteiger partial charge in [-0.15, -0.1) is 0 Å². The molecule has 1 saturated heterocycles. The van der Waals surface area contributed by atoms with Crippen LogP contribution in [0.5, 0.6) is 0 Å². The Morgan fingerprint density at radius 2 is 1.73 bits per heavy atom. The first kappa shape index (κ1) is 18.2. The highest BCUT2D eigenvalue weighted by Gasteiger charge is 2.36. The summed E-state index contributed by atoms with van der Waals surface area (Å²) in [6.07, 6.45) is 0.264. The zero-order valence-electron chi connectivity index (χ0n) is 15.9. The molecule has 26 heavy (non-hydrogen) atoms. The Morgan fingerprint density at radius 3 is 2.35 bits per heavy atom. The molecular formula is C22H26N2O2. The summed E-state index contributed by atoms with van der Waals surface area (Å²) in [7, 11) is 0. The molecule has 1 aliphatic heterocycles. The van der Waals surface area contributed by atoms with Gasteiger partial charge in [0.2, 0.25) is 11.8 Å². The van der Waals surface area contributed by atoms with Crippen LogP contribution in [0.4, 0.5) is 5.69 Å². The van der Waals surface area contributed by atoms with Gasteiger partial charge in [0.25, 0.3) is 0 Å². The van der Waals surface area contributed by atoms with E-state index in [4.69, 9.17) is 0 Å². The predicted octanol–water partition coefficient (Wildman–Crippen LogP) is 3.84. The van der Waals surface area contributed by atoms with Gasteiger partial charge in [-0.25, -0.2) is 0 Å². The van der Waals surface area contributed by atoms with Crippen molar-refractivity contribution >= 4 is 17.5 Å². The lowest BCUT2D eigenvalue weighted by Gasteiger charge is -2.22. The summed E-state index contributed by atoms with van der Waals surface area (Å²) in [6, 6.07) is 14.0. The fourth-order valence-electron chi connectivity index (χ4n) is 3.85. The van der Waals surface area contributed by atoms with E-state index in [9.17, 15) is 9.59 Å². The number of aryl methyl sites for hydroxylation is 3. The molecule has 0 aliphatic carbocycles. The molecule has 136 valence electrons. The molecule has 0 saturated carbocycles. The summed E-state index contributed by atoms with van der Waals surface area (Å²) < 4.78 is 0. The SMILES string of the molecule is Cc1cc(C)c(N2CC(C(=O)NC(C)c3ccccc3)CC2=O)c(C)c1. The van der Waals surface area contributed by atoms with E-state index in [1.807, 2.05) is 51.1 Å². The van der Waals surface area contributed by atoms with Gasteiger partial charge in [0.15, 0.2) is 0 Å². The number of benzene rings is 2. The van der Waals surface area contributed by atoms with E-state index in [1.165, 1.54) is 5.56 Å². The molecule has 4 nitrogen and oxygen atoms in total. The van der Waals surface area contributed by atoms with E-state index in [0.717, 1.165) is 22.4 Å². The Bertz CT molecular complexity index is 806. The third kappa shape index (κ3) is 3.64. The number of amides is 2. The Labute approximate surface area is 155 Å². The van der Waals surface area contributed by atoms with Crippen molar-refractivity contribution < 1.29 is 9.59 Å². The van der Waals surface area contributed by atoms with Gasteiger partial charge in [0.05, 0.1) is 12.0 Å². The van der Waals surface area contributed by atoms with Crippen LogP contribution in [-0.2, 0) is 9.59 Å². The topological polar surface area (TPSA) is 49.4 Å². The van der Waals surface area contributed by atoms with E-state index < -0.39 is 0 Å². The highest BCUT2D eigenvalue weighted by atomic mass is 16.2. The number of anilines is 1. The summed E-state index contributed by atoms with van der Waals surface area (Å²) in [5.41, 5.74) is 5.35. The first-order chi connectivity index (χ1) is 12.4. The largest absolute Gasteiger partial charge is 0.349 e. The molecule has 2 aromatic carbocycles. The number of nitrogens with zero attached hydrogens (tertiary/aromatic N) is 1. The highest BCUT2D eigenvalue weighted by molar-refractivity contribution is 6.01. The van der Waals surface area contributed by atoms with Gasteiger partial charge in [-0.3, -0.25) is 9.59 Å². The van der Waals surface area contributed by atoms with Crippen molar-refractivity contribution in [1.29, 1.82) is 0 Å². The maximum absolute atomic E-state index is 12.7. The molecule has 2 amide bonds. The van der Waals surface area contributed by atoms with E-state index in [2.05, 4.69) is 24.4 Å². The van der Waals surface area contributed by atoms with Crippen LogP contribution in [-0.4, -0.2) is 18.4 Å². The smallest absolute Gasteiger partial charge is 0.227 e. The average Bonchev–Trinajstić information content (AvgIpc) is 2.96. The van der Waals surface area contributed by atoms with Gasteiger partial charge in [-0.05, 0) is 44.4 Å². The fourth-order valence-corrected chi connectivity index (χ4v) is 3.85. The molecule has 1 aliphatic rings. The maximum atomic E-state index is 12.7. The molecule has 2 unspecified atom stereocenters. The van der Waals surface area contributed by atoms with Crippen molar-refractivity contribution in [2.45, 2.75) is 40.2 Å². The van der Waals surface area contributed by atoms with Gasteiger partial charge in [0, 0.05) is 18.7 Å². The molecule has 2 aromatic rings. The minimum Gasteiger partial charge on any atom is -0.349 e. The van der Waals surface area contributed by atoms with Gasteiger partial charge in [-0.1, -0.05) is 48.0 Å². The third-order valence-electron chi connectivity index (χ3n) is 5.06. The van der Waals surface area contributed by atoms with Crippen molar-refractivity contribution in [3.63, 3.8) is 0 Å². The second-order valence-corrected chi connectivity index (χ2v) is 7.29. The minimum atomic E-state index is -0.311. The molecule has 0 radical (unpaired) electrons. The van der Waals surface area contributed by atoms with Crippen molar-refractivity contribution in [2.75, 3.05) is 11.4 Å². The first-order valence-electron chi connectivity index (χ1n) is 9.10. The third-order valence-corrected chi connectivity index (χ3v) is 5.06. The lowest BCUT2D eigenvalue weighted by molar-refractivity contribution is -0.126. The van der Waals surface area contributed by atoms with Crippen molar-refractivity contribution in [3.8, 4) is 0 Å². The highest BCUT2D eigenvalue weighted by Crippen LogP contribution is 2.32. The zero-order chi connectivity index (χ0) is 18.8. The van der Waals surface area contributed by atoms with Crippen LogP contribution in [0.15, 0.2) is 42.5 Å². The molecule has 1 heterocycles. The lowest BCUT2D eigenvalue weighted by atomic mass is 10.0. The fraction of sp³-hybridized carbons (Fsp3) is 0.364. The number of rotatable bonds is 4. The van der Waals surface area contributed by atoms with Crippen molar-refractivity contribution in [2.24, 2.45) is 5.92 Å². The van der Waals surface area contributed by atoms with Crippen LogP contribution in [0, 0.1) is 26.7 Å². The average molecular weight is 350 g/mol. The zero-order valence-corrected chi connectivity index (χ0v) is 15.9. The quantitative estimate of drug-likeness (QED) is 0.911. The summed E-state index contributed by atoms with van der Waals surface area (Å²) >= 11 is 0. The van der Waals surface area contributed by atoms with Crippen LogP contribution >= 0.6 is 0 Å². The summed E-state index contributed by atoms with van der Waals surface area (Å²) in [6.45, 7) is 8.50. The van der Waals surface area contributed by atoms with Crippen LogP contribution in [0.3, 0.4) is 0 Å². The molecular weight excluding hydrogens is 324 g/mol. The predicted molar refractivity (Wildman–Crippen MR) is 104 cm³/mol. The standard InChI is InChI=1S/C22H26N2O2/c1-14-10-15(2)21(16(3)11-14)24-13-19(12-20(24)25)22(26)23-17(4)18-8-6-5-7-9-18/h5-11,17,19H,12-13H2,1-4H3,(H,23,26). The Hall–Kier alpha value is -2.62. The summed E-state index contributed by atoms with van der Waals surface area (Å²) in [5.74, 6) is -0.346. The van der Waals surface area contributed by atoms with Crippen LogP contribution in [0.2, 0.25) is 0 Å². The van der Waals surface area contributed by atoms with Gasteiger partial charge in [-0.2, -0.15) is 0 Å². The number of carbonyl (C=O) groups excluding carboxylic acids is 2. The Morgan fingerprint density at radius 1 is 1.12 bits per heavy atom. The van der Waals surface area contributed by atoms with Gasteiger partial charge < -0.3 is 10.2 Å². The second-order valence-electron chi connectivity index (χ2n) is 7.29. The molecule has 0 bridgehead atoms. The number of nitrogens with one attached hydrogen (secondary N) is 1. The van der Waals surface area contributed by atoms with Crippen LogP contribution in [0.1, 0.15) is 41.6 Å². The maximum Gasteiger partial charge on any atom is 0.227 e. The van der Waals surface area contributed by atoms with Gasteiger partial charge >= 0.3 is 0 Å². The lowest BCUT2D eigenvalue weighted by Crippen LogP contribution is -2.34. The Balaban J connectivity index is 1.73. The van der Waals surface area contributed by atoms with Crippen LogP contribution in [0.25, 0.3) is 0 Å². The van der Waals surface area contributed by atoms with Crippen molar-refractivity contribution in [3.05, 3.63) is 64.7 Å². The molecule has 1 fully saturated rings. The second kappa shape index (κ2) is 7.32. The van der Waals surface area contributed by atoms with Crippen molar-refractivity contribution in [1.82, 2.24) is 5.32 Å². The van der Waals surface area contributed by atoms with E-state index in [0.29, 0.717) is 6.54 Å². The van der Waals surface area contributed by atoms with Gasteiger partial charge in [0.1, 0.15) is 0 Å². The molecule has 1 N–H and O–H groups in total. The Kier molecular flexibility index (Phi) is 5.12. The monoisotopic (exact) mass is 350 g/mol. The summed E-state index contributed by atoms with van der Waals surface area (Å²) in [4.78, 5) is 27.0. The van der Waals surface area contributed by atoms with E-state index >= 15 is 0 Å². The normalized spacial score (nSPS) is 18.1. The molecule has 3 rings (SSSR count). The summed E-state index contributed by atoms with van der Waals surface area (Å²) in [5, 5.41) is 3.05. The minimum absolute atomic E-state index is 0.0209. The molecule has 0 aromatic heterocycles.